The predicted octanol–water partition coefficient (Wildman–Crippen LogP) is 3.34. The Morgan fingerprint density at radius 3 is 1.89 bits per heavy atom. The fourth-order valence-electron chi connectivity index (χ4n) is 1.73. The molecule has 0 spiro atoms. The molecule has 19 heavy (non-hydrogen) atoms. The van der Waals surface area contributed by atoms with Gasteiger partial charge in [-0.1, -0.05) is 12.1 Å². The normalized spacial score (nSPS) is 10.3. The van der Waals surface area contributed by atoms with Crippen molar-refractivity contribution in [2.45, 2.75) is 0 Å². The Bertz CT molecular complexity index is 618. The lowest BCUT2D eigenvalue weighted by molar-refractivity contribution is 0.102. The van der Waals surface area contributed by atoms with Gasteiger partial charge in [-0.15, -0.1) is 0 Å². The van der Waals surface area contributed by atoms with Crippen molar-refractivity contribution in [3.05, 3.63) is 65.0 Å². The molecule has 0 saturated heterocycles. The van der Waals surface area contributed by atoms with Crippen LogP contribution in [0.25, 0.3) is 0 Å². The van der Waals surface area contributed by atoms with Crippen LogP contribution in [0, 0.1) is 17.5 Å². The van der Waals surface area contributed by atoms with Gasteiger partial charge in [-0.3, -0.25) is 4.79 Å². The summed E-state index contributed by atoms with van der Waals surface area (Å²) >= 11 is 0. The average molecular weight is 266 g/mol. The lowest BCUT2D eigenvalue weighted by atomic mass is 10.0. The van der Waals surface area contributed by atoms with Crippen molar-refractivity contribution in [1.82, 2.24) is 0 Å². The summed E-state index contributed by atoms with van der Waals surface area (Å²) in [5.74, 6) is -4.16. The molecule has 0 aliphatic heterocycles. The third-order valence-electron chi connectivity index (χ3n) is 2.61. The SMILES string of the molecule is COc1cccc(F)c1C(=O)c1c(F)cccc1F. The van der Waals surface area contributed by atoms with Crippen LogP contribution < -0.4 is 4.74 Å². The van der Waals surface area contributed by atoms with Crippen molar-refractivity contribution >= 4 is 5.78 Å². The Hall–Kier alpha value is -2.30. The summed E-state index contributed by atoms with van der Waals surface area (Å²) in [7, 11) is 1.24. The minimum absolute atomic E-state index is 0.0762. The highest BCUT2D eigenvalue weighted by Crippen LogP contribution is 2.26. The van der Waals surface area contributed by atoms with Crippen LogP contribution in [0.1, 0.15) is 15.9 Å². The molecule has 5 heteroatoms. The molecular weight excluding hydrogens is 257 g/mol. The summed E-state index contributed by atoms with van der Waals surface area (Å²) in [5.41, 5.74) is -1.29. The van der Waals surface area contributed by atoms with E-state index in [1.165, 1.54) is 19.2 Å². The Morgan fingerprint density at radius 2 is 1.37 bits per heavy atom. The van der Waals surface area contributed by atoms with E-state index in [0.29, 0.717) is 0 Å². The summed E-state index contributed by atoms with van der Waals surface area (Å²) in [5, 5.41) is 0. The van der Waals surface area contributed by atoms with Gasteiger partial charge in [0.1, 0.15) is 28.8 Å². The van der Waals surface area contributed by atoms with Crippen LogP contribution >= 0.6 is 0 Å². The van der Waals surface area contributed by atoms with E-state index in [1.54, 1.807) is 0 Å². The first kappa shape index (κ1) is 13.1. The Labute approximate surface area is 107 Å². The molecule has 2 aromatic carbocycles. The topological polar surface area (TPSA) is 26.3 Å². The third-order valence-corrected chi connectivity index (χ3v) is 2.61. The number of hydrogen-bond donors (Lipinski definition) is 0. The van der Waals surface area contributed by atoms with Gasteiger partial charge < -0.3 is 4.74 Å². The van der Waals surface area contributed by atoms with Crippen LogP contribution in [0.5, 0.6) is 5.75 Å². The fourth-order valence-corrected chi connectivity index (χ4v) is 1.73. The van der Waals surface area contributed by atoms with E-state index in [9.17, 15) is 18.0 Å². The number of benzene rings is 2. The maximum atomic E-state index is 13.7. The number of carbonyl (C=O) groups excluding carboxylic acids is 1. The van der Waals surface area contributed by atoms with E-state index in [2.05, 4.69) is 0 Å². The molecule has 98 valence electrons. The third kappa shape index (κ3) is 2.31. The first-order valence-corrected chi connectivity index (χ1v) is 5.37. The number of hydrogen-bond acceptors (Lipinski definition) is 2. The van der Waals surface area contributed by atoms with E-state index in [1.807, 2.05) is 0 Å². The monoisotopic (exact) mass is 266 g/mol. The molecule has 0 aliphatic rings. The van der Waals surface area contributed by atoms with Crippen LogP contribution in [0.15, 0.2) is 36.4 Å². The van der Waals surface area contributed by atoms with Crippen molar-refractivity contribution in [1.29, 1.82) is 0 Å². The van der Waals surface area contributed by atoms with Crippen LogP contribution in [0.4, 0.5) is 13.2 Å². The Balaban J connectivity index is 2.63. The summed E-state index contributed by atoms with van der Waals surface area (Å²) in [6.45, 7) is 0. The first-order valence-electron chi connectivity index (χ1n) is 5.37. The zero-order valence-electron chi connectivity index (χ0n) is 9.91. The van der Waals surface area contributed by atoms with Crippen molar-refractivity contribution in [2.24, 2.45) is 0 Å². The maximum Gasteiger partial charge on any atom is 0.205 e. The smallest absolute Gasteiger partial charge is 0.205 e. The van der Waals surface area contributed by atoms with E-state index >= 15 is 0 Å². The summed E-state index contributed by atoms with van der Waals surface area (Å²) in [4.78, 5) is 12.1. The molecule has 0 atom stereocenters. The van der Waals surface area contributed by atoms with Gasteiger partial charge in [-0.25, -0.2) is 13.2 Å². The second-order valence-corrected chi connectivity index (χ2v) is 3.74. The minimum Gasteiger partial charge on any atom is -0.496 e. The minimum atomic E-state index is -1.09. The molecule has 0 amide bonds. The van der Waals surface area contributed by atoms with E-state index < -0.39 is 34.4 Å². The number of ketones is 1. The van der Waals surface area contributed by atoms with Crippen molar-refractivity contribution in [2.75, 3.05) is 7.11 Å². The Morgan fingerprint density at radius 1 is 0.895 bits per heavy atom. The van der Waals surface area contributed by atoms with Gasteiger partial charge in [0.2, 0.25) is 5.78 Å². The van der Waals surface area contributed by atoms with Crippen molar-refractivity contribution in [3.8, 4) is 5.75 Å². The highest BCUT2D eigenvalue weighted by atomic mass is 19.1. The largest absolute Gasteiger partial charge is 0.496 e. The van der Waals surface area contributed by atoms with E-state index in [0.717, 1.165) is 24.3 Å². The molecule has 0 aromatic heterocycles. The second-order valence-electron chi connectivity index (χ2n) is 3.74. The molecule has 2 nitrogen and oxygen atoms in total. The molecule has 2 rings (SSSR count). The lowest BCUT2D eigenvalue weighted by Crippen LogP contribution is -2.11. The standard InChI is InChI=1S/C14H9F3O2/c1-19-11-7-3-6-10(17)13(11)14(18)12-8(15)4-2-5-9(12)16/h2-7H,1H3. The number of methoxy groups -OCH3 is 1. The molecular formula is C14H9F3O2. The molecule has 0 fully saturated rings. The van der Waals surface area contributed by atoms with Crippen LogP contribution in [-0.4, -0.2) is 12.9 Å². The number of carbonyl (C=O) groups is 1. The fraction of sp³-hybridized carbons (Fsp3) is 0.0714. The molecule has 0 heterocycles. The van der Waals surface area contributed by atoms with Gasteiger partial charge in [0, 0.05) is 0 Å². The molecule has 0 radical (unpaired) electrons. The van der Waals surface area contributed by atoms with Gasteiger partial charge in [0.25, 0.3) is 0 Å². The number of ether oxygens (including phenoxy) is 1. The zero-order chi connectivity index (χ0) is 14.0. The van der Waals surface area contributed by atoms with Crippen LogP contribution in [0.3, 0.4) is 0 Å². The van der Waals surface area contributed by atoms with Gasteiger partial charge in [0.15, 0.2) is 0 Å². The van der Waals surface area contributed by atoms with Gasteiger partial charge in [-0.2, -0.15) is 0 Å². The van der Waals surface area contributed by atoms with Crippen molar-refractivity contribution < 1.29 is 22.7 Å². The molecule has 0 bridgehead atoms. The second kappa shape index (κ2) is 5.14. The summed E-state index contributed by atoms with van der Waals surface area (Å²) in [6.07, 6.45) is 0. The first-order chi connectivity index (χ1) is 9.06. The Kier molecular flexibility index (Phi) is 3.55. The molecule has 0 aliphatic carbocycles. The average Bonchev–Trinajstić information content (AvgIpc) is 2.37. The maximum absolute atomic E-state index is 13.7. The molecule has 2 aromatic rings. The summed E-state index contributed by atoms with van der Waals surface area (Å²) in [6, 6.07) is 6.69. The van der Waals surface area contributed by atoms with Gasteiger partial charge in [0.05, 0.1) is 12.7 Å². The molecule has 0 unspecified atom stereocenters. The predicted molar refractivity (Wildman–Crippen MR) is 62.7 cm³/mol. The van der Waals surface area contributed by atoms with Crippen LogP contribution in [0.2, 0.25) is 0 Å². The van der Waals surface area contributed by atoms with Gasteiger partial charge >= 0.3 is 0 Å². The highest BCUT2D eigenvalue weighted by Gasteiger charge is 2.24. The zero-order valence-corrected chi connectivity index (χ0v) is 9.91. The lowest BCUT2D eigenvalue weighted by Gasteiger charge is -2.09. The number of halogens is 3. The van der Waals surface area contributed by atoms with Gasteiger partial charge in [-0.05, 0) is 24.3 Å². The summed E-state index contributed by atoms with van der Waals surface area (Å²) < 4.78 is 45.6. The molecule has 0 N–H and O–H groups in total. The number of rotatable bonds is 3. The van der Waals surface area contributed by atoms with E-state index in [-0.39, 0.29) is 5.75 Å². The quantitative estimate of drug-likeness (QED) is 0.796. The highest BCUT2D eigenvalue weighted by molar-refractivity contribution is 6.11. The van der Waals surface area contributed by atoms with Crippen molar-refractivity contribution in [3.63, 3.8) is 0 Å². The van der Waals surface area contributed by atoms with E-state index in [4.69, 9.17) is 4.74 Å². The van der Waals surface area contributed by atoms with Crippen LogP contribution in [-0.2, 0) is 0 Å². The molecule has 0 saturated carbocycles.